The van der Waals surface area contributed by atoms with Gasteiger partial charge >= 0.3 is 0 Å². The maximum atomic E-state index is 13.7. The molecule has 0 spiro atoms. The normalized spacial score (nSPS) is 9.35. The van der Waals surface area contributed by atoms with Gasteiger partial charge in [0.1, 0.15) is 5.82 Å². The van der Waals surface area contributed by atoms with Gasteiger partial charge in [-0.1, -0.05) is 29.7 Å². The van der Waals surface area contributed by atoms with Crippen LogP contribution in [0.15, 0.2) is 18.2 Å². The topological polar surface area (TPSA) is 34.1 Å². The summed E-state index contributed by atoms with van der Waals surface area (Å²) in [6.45, 7) is 2.75. The third-order valence-electron chi connectivity index (χ3n) is 1.95. The summed E-state index contributed by atoms with van der Waals surface area (Å²) in [4.78, 5) is 21.7. The van der Waals surface area contributed by atoms with Crippen molar-refractivity contribution in [2.75, 3.05) is 5.75 Å². The fourth-order valence-corrected chi connectivity index (χ4v) is 1.52. The second-order valence-corrected chi connectivity index (χ2v) is 4.46. The molecule has 1 aromatic carbocycles. The molecule has 0 aliphatic heterocycles. The number of hydrogen-bond acceptors (Lipinski definition) is 3. The number of thioether (sulfide) groups is 1. The van der Waals surface area contributed by atoms with Crippen LogP contribution in [0, 0.1) is 17.7 Å². The third kappa shape index (κ3) is 4.04. The summed E-state index contributed by atoms with van der Waals surface area (Å²) in [5.74, 6) is 4.69. The van der Waals surface area contributed by atoms with Crippen LogP contribution in [-0.4, -0.2) is 16.7 Å². The number of halogens is 1. The first-order valence-electron chi connectivity index (χ1n) is 4.94. The SMILES string of the molecule is CC(=O)SCC#Cc1cccc(C(C)=O)c1F. The Labute approximate surface area is 104 Å². The summed E-state index contributed by atoms with van der Waals surface area (Å²) in [6, 6.07) is 4.52. The summed E-state index contributed by atoms with van der Waals surface area (Å²) in [6.07, 6.45) is 0. The highest BCUT2D eigenvalue weighted by Gasteiger charge is 2.09. The van der Waals surface area contributed by atoms with Crippen molar-refractivity contribution in [2.24, 2.45) is 0 Å². The zero-order chi connectivity index (χ0) is 12.8. The predicted molar refractivity (Wildman–Crippen MR) is 66.4 cm³/mol. The van der Waals surface area contributed by atoms with Crippen molar-refractivity contribution in [1.82, 2.24) is 0 Å². The number of carbonyl (C=O) groups excluding carboxylic acids is 2. The van der Waals surface area contributed by atoms with Crippen LogP contribution in [0.3, 0.4) is 0 Å². The van der Waals surface area contributed by atoms with E-state index in [1.165, 1.54) is 26.0 Å². The van der Waals surface area contributed by atoms with Crippen molar-refractivity contribution >= 4 is 22.7 Å². The van der Waals surface area contributed by atoms with Crippen molar-refractivity contribution in [3.63, 3.8) is 0 Å². The number of benzene rings is 1. The maximum Gasteiger partial charge on any atom is 0.186 e. The number of ketones is 1. The number of rotatable bonds is 2. The van der Waals surface area contributed by atoms with Crippen molar-refractivity contribution < 1.29 is 14.0 Å². The van der Waals surface area contributed by atoms with E-state index in [1.54, 1.807) is 6.07 Å². The third-order valence-corrected chi connectivity index (χ3v) is 2.64. The summed E-state index contributed by atoms with van der Waals surface area (Å²) in [5.41, 5.74) is 0.220. The van der Waals surface area contributed by atoms with Gasteiger partial charge in [0, 0.05) is 6.92 Å². The van der Waals surface area contributed by atoms with Gasteiger partial charge in [-0.15, -0.1) is 0 Å². The van der Waals surface area contributed by atoms with Gasteiger partial charge < -0.3 is 0 Å². The molecule has 0 saturated heterocycles. The van der Waals surface area contributed by atoms with Crippen LogP contribution < -0.4 is 0 Å². The van der Waals surface area contributed by atoms with E-state index < -0.39 is 5.82 Å². The smallest absolute Gasteiger partial charge is 0.186 e. The van der Waals surface area contributed by atoms with E-state index in [9.17, 15) is 14.0 Å². The van der Waals surface area contributed by atoms with Gasteiger partial charge in [-0.25, -0.2) is 4.39 Å². The Morgan fingerprint density at radius 1 is 1.35 bits per heavy atom. The Kier molecular flexibility index (Phi) is 4.92. The van der Waals surface area contributed by atoms with Gasteiger partial charge in [0.25, 0.3) is 0 Å². The minimum Gasteiger partial charge on any atom is -0.294 e. The molecule has 17 heavy (non-hydrogen) atoms. The molecule has 4 heteroatoms. The number of Topliss-reactive ketones (excluding diaryl/α,β-unsaturated/α-hetero) is 1. The fraction of sp³-hybridized carbons (Fsp3) is 0.231. The van der Waals surface area contributed by atoms with Gasteiger partial charge in [-0.2, -0.15) is 0 Å². The molecule has 0 aliphatic carbocycles. The van der Waals surface area contributed by atoms with Crippen molar-refractivity contribution in [3.05, 3.63) is 35.1 Å². The molecule has 88 valence electrons. The van der Waals surface area contributed by atoms with Crippen LogP contribution >= 0.6 is 11.8 Å². The minimum absolute atomic E-state index is 0.0303. The maximum absolute atomic E-state index is 13.7. The van der Waals surface area contributed by atoms with Gasteiger partial charge in [-0.3, -0.25) is 9.59 Å². The lowest BCUT2D eigenvalue weighted by Crippen LogP contribution is -1.99. The largest absolute Gasteiger partial charge is 0.294 e. The van der Waals surface area contributed by atoms with Crippen LogP contribution in [0.2, 0.25) is 0 Å². The van der Waals surface area contributed by atoms with E-state index in [4.69, 9.17) is 0 Å². The molecule has 0 atom stereocenters. The molecule has 0 aliphatic rings. The summed E-state index contributed by atoms with van der Waals surface area (Å²) < 4.78 is 13.7. The standard InChI is InChI=1S/C13H11FO2S/c1-9(15)12-7-3-5-11(13(12)14)6-4-8-17-10(2)16/h3,5,7H,8H2,1-2H3. The Bertz CT molecular complexity index is 512. The monoisotopic (exact) mass is 250 g/mol. The molecule has 0 heterocycles. The second-order valence-electron chi connectivity index (χ2n) is 3.31. The van der Waals surface area contributed by atoms with Crippen molar-refractivity contribution in [2.45, 2.75) is 13.8 Å². The van der Waals surface area contributed by atoms with Crippen LogP contribution in [0.5, 0.6) is 0 Å². The molecule has 1 aromatic rings. The highest BCUT2D eigenvalue weighted by molar-refractivity contribution is 8.13. The number of carbonyl (C=O) groups is 2. The molecule has 0 aromatic heterocycles. The van der Waals surface area contributed by atoms with E-state index in [-0.39, 0.29) is 22.0 Å². The van der Waals surface area contributed by atoms with Crippen LogP contribution in [0.1, 0.15) is 29.8 Å². The van der Waals surface area contributed by atoms with E-state index in [0.717, 1.165) is 11.8 Å². The second kappa shape index (κ2) is 6.21. The van der Waals surface area contributed by atoms with E-state index >= 15 is 0 Å². The first-order chi connectivity index (χ1) is 8.02. The molecule has 2 nitrogen and oxygen atoms in total. The first-order valence-corrected chi connectivity index (χ1v) is 5.92. The van der Waals surface area contributed by atoms with Gasteiger partial charge in [0.2, 0.25) is 0 Å². The number of hydrogen-bond donors (Lipinski definition) is 0. The summed E-state index contributed by atoms with van der Waals surface area (Å²) in [7, 11) is 0. The highest BCUT2D eigenvalue weighted by atomic mass is 32.2. The summed E-state index contributed by atoms with van der Waals surface area (Å²) >= 11 is 1.06. The molecule has 0 fully saturated rings. The predicted octanol–water partition coefficient (Wildman–Crippen LogP) is 2.66. The molecular formula is C13H11FO2S. The minimum atomic E-state index is -0.597. The average molecular weight is 250 g/mol. The molecule has 0 amide bonds. The quantitative estimate of drug-likeness (QED) is 0.597. The Balaban J connectivity index is 2.88. The van der Waals surface area contributed by atoms with Crippen LogP contribution in [-0.2, 0) is 4.79 Å². The zero-order valence-electron chi connectivity index (χ0n) is 9.54. The van der Waals surface area contributed by atoms with Crippen LogP contribution in [0.4, 0.5) is 4.39 Å². The van der Waals surface area contributed by atoms with E-state index in [0.29, 0.717) is 5.75 Å². The van der Waals surface area contributed by atoms with E-state index in [1.807, 2.05) is 0 Å². The Morgan fingerprint density at radius 2 is 2.06 bits per heavy atom. The Morgan fingerprint density at radius 3 is 2.65 bits per heavy atom. The molecule has 0 saturated carbocycles. The molecule has 0 radical (unpaired) electrons. The van der Waals surface area contributed by atoms with Crippen molar-refractivity contribution in [3.8, 4) is 11.8 Å². The average Bonchev–Trinajstić information content (AvgIpc) is 2.25. The van der Waals surface area contributed by atoms with Crippen LogP contribution in [0.25, 0.3) is 0 Å². The van der Waals surface area contributed by atoms with E-state index in [2.05, 4.69) is 11.8 Å². The Hall–Kier alpha value is -1.60. The lowest BCUT2D eigenvalue weighted by atomic mass is 10.1. The zero-order valence-corrected chi connectivity index (χ0v) is 10.4. The highest BCUT2D eigenvalue weighted by Crippen LogP contribution is 2.12. The van der Waals surface area contributed by atoms with Crippen molar-refractivity contribution in [1.29, 1.82) is 0 Å². The molecule has 0 unspecified atom stereocenters. The van der Waals surface area contributed by atoms with Gasteiger partial charge in [0.15, 0.2) is 10.9 Å². The van der Waals surface area contributed by atoms with Gasteiger partial charge in [0.05, 0.1) is 16.9 Å². The molecule has 1 rings (SSSR count). The summed E-state index contributed by atoms with van der Waals surface area (Å²) in [5, 5.41) is -0.0303. The van der Waals surface area contributed by atoms with Gasteiger partial charge in [-0.05, 0) is 19.1 Å². The molecular weight excluding hydrogens is 239 g/mol. The lowest BCUT2D eigenvalue weighted by molar-refractivity contribution is -0.109. The molecule has 0 N–H and O–H groups in total. The lowest BCUT2D eigenvalue weighted by Gasteiger charge is -1.99. The molecule has 0 bridgehead atoms. The fourth-order valence-electron chi connectivity index (χ4n) is 1.17. The first kappa shape index (κ1) is 13.5.